The first-order chi connectivity index (χ1) is 14.0. The van der Waals surface area contributed by atoms with Gasteiger partial charge in [-0.05, 0) is 30.5 Å². The van der Waals surface area contributed by atoms with Gasteiger partial charge in [0.15, 0.2) is 0 Å². The summed E-state index contributed by atoms with van der Waals surface area (Å²) >= 11 is 0. The van der Waals surface area contributed by atoms with Gasteiger partial charge in [-0.1, -0.05) is 12.1 Å². The highest BCUT2D eigenvalue weighted by atomic mass is 16.5. The van der Waals surface area contributed by atoms with Crippen molar-refractivity contribution in [2.24, 2.45) is 7.05 Å². The molecule has 1 aliphatic rings. The van der Waals surface area contributed by atoms with E-state index in [9.17, 15) is 9.59 Å². The number of carbonyl (C=O) groups excluding carboxylic acids is 2. The average molecular weight is 401 g/mol. The van der Waals surface area contributed by atoms with Crippen LogP contribution in [0.1, 0.15) is 30.3 Å². The third-order valence-electron chi connectivity index (χ3n) is 5.08. The molecule has 0 unspecified atom stereocenters. The highest BCUT2D eigenvalue weighted by molar-refractivity contribution is 5.75. The van der Waals surface area contributed by atoms with E-state index in [0.29, 0.717) is 37.5 Å². The van der Waals surface area contributed by atoms with Gasteiger partial charge in [0.05, 0.1) is 14.2 Å². The van der Waals surface area contributed by atoms with Gasteiger partial charge in [0, 0.05) is 38.6 Å². The largest absolute Gasteiger partial charge is 0.497 e. The molecule has 156 valence electrons. The number of hydrogen-bond donors (Lipinski definition) is 2. The zero-order valence-corrected chi connectivity index (χ0v) is 16.9. The van der Waals surface area contributed by atoms with Crippen molar-refractivity contribution >= 4 is 12.1 Å². The Bertz CT molecular complexity index is 845. The SMILES string of the molecule is COC(=O)N1CCC(NC(=O)N[C@H](c2cccc(OC)c2)c2nccn2C)CC1. The molecule has 1 aliphatic heterocycles. The Balaban J connectivity index is 1.68. The van der Waals surface area contributed by atoms with E-state index in [2.05, 4.69) is 15.6 Å². The first-order valence-corrected chi connectivity index (χ1v) is 9.53. The topological polar surface area (TPSA) is 97.7 Å². The number of benzene rings is 1. The van der Waals surface area contributed by atoms with Crippen LogP contribution in [0.2, 0.25) is 0 Å². The number of carbonyl (C=O) groups is 2. The Morgan fingerprint density at radius 3 is 2.62 bits per heavy atom. The maximum Gasteiger partial charge on any atom is 0.409 e. The fourth-order valence-corrected chi connectivity index (χ4v) is 3.47. The molecule has 9 nitrogen and oxygen atoms in total. The van der Waals surface area contributed by atoms with Gasteiger partial charge in [-0.25, -0.2) is 14.6 Å². The van der Waals surface area contributed by atoms with Crippen molar-refractivity contribution in [2.45, 2.75) is 24.9 Å². The molecule has 1 aromatic carbocycles. The lowest BCUT2D eigenvalue weighted by Gasteiger charge is -2.31. The van der Waals surface area contributed by atoms with E-state index in [1.165, 1.54) is 7.11 Å². The molecule has 0 saturated carbocycles. The summed E-state index contributed by atoms with van der Waals surface area (Å²) in [5, 5.41) is 6.04. The van der Waals surface area contributed by atoms with E-state index >= 15 is 0 Å². The molecule has 2 heterocycles. The minimum Gasteiger partial charge on any atom is -0.497 e. The quantitative estimate of drug-likeness (QED) is 0.799. The van der Waals surface area contributed by atoms with Crippen LogP contribution in [0.25, 0.3) is 0 Å². The van der Waals surface area contributed by atoms with Gasteiger partial charge in [0.25, 0.3) is 0 Å². The highest BCUT2D eigenvalue weighted by Gasteiger charge is 2.26. The lowest BCUT2D eigenvalue weighted by Crippen LogP contribution is -2.49. The third kappa shape index (κ3) is 4.98. The van der Waals surface area contributed by atoms with Crippen LogP contribution in [0.4, 0.5) is 9.59 Å². The second-order valence-corrected chi connectivity index (χ2v) is 6.96. The van der Waals surface area contributed by atoms with Gasteiger partial charge < -0.3 is 29.6 Å². The van der Waals surface area contributed by atoms with Crippen LogP contribution in [-0.4, -0.2) is 59.9 Å². The second-order valence-electron chi connectivity index (χ2n) is 6.96. The summed E-state index contributed by atoms with van der Waals surface area (Å²) in [5.74, 6) is 1.42. The van der Waals surface area contributed by atoms with E-state index in [0.717, 1.165) is 5.56 Å². The van der Waals surface area contributed by atoms with Gasteiger partial charge in [0.2, 0.25) is 0 Å². The van der Waals surface area contributed by atoms with Crippen molar-refractivity contribution in [1.29, 1.82) is 0 Å². The predicted molar refractivity (Wildman–Crippen MR) is 107 cm³/mol. The van der Waals surface area contributed by atoms with Crippen LogP contribution in [-0.2, 0) is 11.8 Å². The van der Waals surface area contributed by atoms with Crippen LogP contribution in [0.3, 0.4) is 0 Å². The van der Waals surface area contributed by atoms with Crippen molar-refractivity contribution in [3.8, 4) is 5.75 Å². The zero-order chi connectivity index (χ0) is 20.8. The van der Waals surface area contributed by atoms with E-state index in [1.807, 2.05) is 42.1 Å². The average Bonchev–Trinajstić information content (AvgIpc) is 3.17. The van der Waals surface area contributed by atoms with Gasteiger partial charge in [-0.15, -0.1) is 0 Å². The van der Waals surface area contributed by atoms with E-state index in [-0.39, 0.29) is 18.2 Å². The Labute approximate surface area is 170 Å². The fourth-order valence-electron chi connectivity index (χ4n) is 3.47. The minimum absolute atomic E-state index is 0.0109. The number of nitrogens with zero attached hydrogens (tertiary/aromatic N) is 3. The van der Waals surface area contributed by atoms with Gasteiger partial charge in [-0.2, -0.15) is 0 Å². The summed E-state index contributed by atoms with van der Waals surface area (Å²) in [6.45, 7) is 1.10. The summed E-state index contributed by atoms with van der Waals surface area (Å²) in [6.07, 6.45) is 4.56. The van der Waals surface area contributed by atoms with Gasteiger partial charge in [0.1, 0.15) is 17.6 Å². The normalized spacial score (nSPS) is 15.5. The van der Waals surface area contributed by atoms with E-state index < -0.39 is 6.04 Å². The molecule has 1 fully saturated rings. The number of imidazole rings is 1. The Hall–Kier alpha value is -3.23. The van der Waals surface area contributed by atoms with Crippen molar-refractivity contribution < 1.29 is 19.1 Å². The van der Waals surface area contributed by atoms with Crippen molar-refractivity contribution in [3.05, 3.63) is 48.0 Å². The van der Waals surface area contributed by atoms with E-state index in [1.54, 1.807) is 18.2 Å². The number of rotatable bonds is 5. The molecular weight excluding hydrogens is 374 g/mol. The smallest absolute Gasteiger partial charge is 0.409 e. The van der Waals surface area contributed by atoms with Crippen LogP contribution >= 0.6 is 0 Å². The van der Waals surface area contributed by atoms with Crippen molar-refractivity contribution in [1.82, 2.24) is 25.1 Å². The number of urea groups is 1. The molecule has 1 saturated heterocycles. The number of amides is 3. The maximum atomic E-state index is 12.7. The van der Waals surface area contributed by atoms with Crippen LogP contribution in [0, 0.1) is 0 Å². The lowest BCUT2D eigenvalue weighted by atomic mass is 10.0. The molecule has 0 spiro atoms. The Morgan fingerprint density at radius 2 is 2.00 bits per heavy atom. The Kier molecular flexibility index (Phi) is 6.58. The number of ether oxygens (including phenoxy) is 2. The number of nitrogens with one attached hydrogen (secondary N) is 2. The fraction of sp³-hybridized carbons (Fsp3) is 0.450. The molecule has 3 amide bonds. The summed E-state index contributed by atoms with van der Waals surface area (Å²) in [4.78, 5) is 30.4. The van der Waals surface area contributed by atoms with Crippen molar-refractivity contribution in [3.63, 3.8) is 0 Å². The molecule has 0 radical (unpaired) electrons. The van der Waals surface area contributed by atoms with Crippen LogP contribution in [0.5, 0.6) is 5.75 Å². The molecule has 9 heteroatoms. The molecule has 1 aromatic heterocycles. The molecule has 0 aliphatic carbocycles. The molecule has 2 N–H and O–H groups in total. The monoisotopic (exact) mass is 401 g/mol. The molecule has 0 bridgehead atoms. The van der Waals surface area contributed by atoms with Gasteiger partial charge in [-0.3, -0.25) is 0 Å². The summed E-state index contributed by atoms with van der Waals surface area (Å²) in [5.41, 5.74) is 0.870. The number of aryl methyl sites for hydroxylation is 1. The molecule has 1 atom stereocenters. The number of aromatic nitrogens is 2. The summed E-state index contributed by atoms with van der Waals surface area (Å²) < 4.78 is 11.9. The van der Waals surface area contributed by atoms with Crippen molar-refractivity contribution in [2.75, 3.05) is 27.3 Å². The maximum absolute atomic E-state index is 12.7. The number of hydrogen-bond acceptors (Lipinski definition) is 5. The number of likely N-dealkylation sites (tertiary alicyclic amines) is 1. The Morgan fingerprint density at radius 1 is 1.24 bits per heavy atom. The summed E-state index contributed by atoms with van der Waals surface area (Å²) in [7, 11) is 4.86. The third-order valence-corrected chi connectivity index (χ3v) is 5.08. The minimum atomic E-state index is -0.430. The highest BCUT2D eigenvalue weighted by Crippen LogP contribution is 2.24. The first kappa shape index (κ1) is 20.5. The molecule has 3 rings (SSSR count). The lowest BCUT2D eigenvalue weighted by molar-refractivity contribution is 0.110. The second kappa shape index (κ2) is 9.31. The summed E-state index contributed by atoms with van der Waals surface area (Å²) in [6, 6.07) is 6.83. The number of methoxy groups -OCH3 is 2. The first-order valence-electron chi connectivity index (χ1n) is 9.53. The number of piperidine rings is 1. The molecule has 29 heavy (non-hydrogen) atoms. The van der Waals surface area contributed by atoms with Crippen LogP contribution in [0.15, 0.2) is 36.7 Å². The standard InChI is InChI=1S/C20H27N5O4/c1-24-12-9-21-18(24)17(14-5-4-6-16(13-14)28-2)23-19(26)22-15-7-10-25(11-8-15)20(27)29-3/h4-6,9,12-13,15,17H,7-8,10-11H2,1-3H3,(H2,22,23,26)/t17-/m1/s1. The van der Waals surface area contributed by atoms with E-state index in [4.69, 9.17) is 9.47 Å². The predicted octanol–water partition coefficient (Wildman–Crippen LogP) is 2.05. The van der Waals surface area contributed by atoms with Crippen LogP contribution < -0.4 is 15.4 Å². The van der Waals surface area contributed by atoms with Gasteiger partial charge >= 0.3 is 12.1 Å². The zero-order valence-electron chi connectivity index (χ0n) is 16.9. The molecular formula is C20H27N5O4. The molecule has 2 aromatic rings.